The van der Waals surface area contributed by atoms with E-state index in [0.717, 1.165) is 5.56 Å². The summed E-state index contributed by atoms with van der Waals surface area (Å²) < 4.78 is 21.1. The third-order valence-electron chi connectivity index (χ3n) is 3.35. The van der Waals surface area contributed by atoms with E-state index in [1.165, 1.54) is 0 Å². The highest BCUT2D eigenvalue weighted by Gasteiger charge is 2.33. The lowest BCUT2D eigenvalue weighted by Crippen LogP contribution is -2.30. The Morgan fingerprint density at radius 3 is 2.12 bits per heavy atom. The standard InChI is InChI=1S/C17H21Cl2N2O2P/c1-15-7-9-16(10-8-15)20-24(22,21(13-11-18)14-12-19)23-17-5-3-2-4-6-17/h2-10H,11-14H2,1H3,(H,20,22). The first-order chi connectivity index (χ1) is 11.6. The lowest BCUT2D eigenvalue weighted by molar-refractivity contribution is 0.378. The molecule has 0 heterocycles. The minimum atomic E-state index is -3.41. The molecule has 4 nitrogen and oxygen atoms in total. The number of para-hydroxylation sites is 1. The van der Waals surface area contributed by atoms with Gasteiger partial charge in [-0.05, 0) is 31.2 Å². The van der Waals surface area contributed by atoms with E-state index in [4.69, 9.17) is 27.7 Å². The van der Waals surface area contributed by atoms with Gasteiger partial charge in [-0.15, -0.1) is 23.2 Å². The first-order valence-corrected chi connectivity index (χ1v) is 10.3. The van der Waals surface area contributed by atoms with Crippen molar-refractivity contribution >= 4 is 36.6 Å². The second kappa shape index (κ2) is 9.33. The number of hydrogen-bond acceptors (Lipinski definition) is 2. The summed E-state index contributed by atoms with van der Waals surface area (Å²) in [4.78, 5) is 0. The van der Waals surface area contributed by atoms with Crippen molar-refractivity contribution < 1.29 is 9.09 Å². The fraction of sp³-hybridized carbons (Fsp3) is 0.294. The van der Waals surface area contributed by atoms with E-state index >= 15 is 0 Å². The normalized spacial score (nSPS) is 13.5. The molecular weight excluding hydrogens is 366 g/mol. The van der Waals surface area contributed by atoms with E-state index in [0.29, 0.717) is 36.3 Å². The molecule has 0 radical (unpaired) electrons. The lowest BCUT2D eigenvalue weighted by Gasteiger charge is -2.31. The third kappa shape index (κ3) is 5.42. The summed E-state index contributed by atoms with van der Waals surface area (Å²) in [5.41, 5.74) is 1.84. The van der Waals surface area contributed by atoms with Gasteiger partial charge in [0.05, 0.1) is 0 Å². The van der Waals surface area contributed by atoms with Crippen molar-refractivity contribution in [2.75, 3.05) is 29.9 Å². The van der Waals surface area contributed by atoms with Crippen molar-refractivity contribution in [1.82, 2.24) is 4.67 Å². The van der Waals surface area contributed by atoms with Crippen LogP contribution >= 0.6 is 30.9 Å². The van der Waals surface area contributed by atoms with E-state index in [2.05, 4.69) is 5.09 Å². The summed E-state index contributed by atoms with van der Waals surface area (Å²) in [6, 6.07) is 16.7. The minimum absolute atomic E-state index is 0.328. The van der Waals surface area contributed by atoms with E-state index in [-0.39, 0.29) is 0 Å². The molecule has 2 aromatic rings. The molecule has 1 unspecified atom stereocenters. The van der Waals surface area contributed by atoms with Crippen LogP contribution in [0.5, 0.6) is 5.75 Å². The van der Waals surface area contributed by atoms with E-state index in [1.807, 2.05) is 49.4 Å². The van der Waals surface area contributed by atoms with Crippen LogP contribution in [-0.4, -0.2) is 29.5 Å². The van der Waals surface area contributed by atoms with Crippen LogP contribution < -0.4 is 9.61 Å². The molecule has 130 valence electrons. The van der Waals surface area contributed by atoms with Crippen LogP contribution in [0, 0.1) is 6.92 Å². The summed E-state index contributed by atoms with van der Waals surface area (Å²) in [5, 5.41) is 3.04. The zero-order chi connectivity index (χ0) is 17.4. The van der Waals surface area contributed by atoms with Gasteiger partial charge in [-0.25, -0.2) is 9.24 Å². The number of alkyl halides is 2. The zero-order valence-electron chi connectivity index (χ0n) is 13.5. The Bertz CT molecular complexity index is 662. The largest absolute Gasteiger partial charge is 0.419 e. The molecule has 0 amide bonds. The van der Waals surface area contributed by atoms with Gasteiger partial charge in [0.1, 0.15) is 5.75 Å². The number of nitrogens with one attached hydrogen (secondary N) is 1. The lowest BCUT2D eigenvalue weighted by atomic mass is 10.2. The minimum Gasteiger partial charge on any atom is -0.418 e. The highest BCUT2D eigenvalue weighted by molar-refractivity contribution is 7.58. The van der Waals surface area contributed by atoms with Crippen molar-refractivity contribution in [3.63, 3.8) is 0 Å². The van der Waals surface area contributed by atoms with Crippen molar-refractivity contribution in [3.05, 3.63) is 60.2 Å². The molecule has 2 aromatic carbocycles. The number of hydrogen-bond donors (Lipinski definition) is 1. The van der Waals surface area contributed by atoms with Gasteiger partial charge in [0.2, 0.25) is 0 Å². The van der Waals surface area contributed by atoms with Gasteiger partial charge in [0.15, 0.2) is 0 Å². The van der Waals surface area contributed by atoms with Gasteiger partial charge in [0, 0.05) is 30.5 Å². The van der Waals surface area contributed by atoms with Gasteiger partial charge >= 0.3 is 7.67 Å². The number of benzene rings is 2. The summed E-state index contributed by atoms with van der Waals surface area (Å²) in [7, 11) is -3.41. The number of halogens is 2. The Hall–Kier alpha value is -1.19. The Balaban J connectivity index is 2.31. The SMILES string of the molecule is Cc1ccc(NP(=O)(Oc2ccccc2)N(CCCl)CCCl)cc1. The smallest absolute Gasteiger partial charge is 0.418 e. The predicted octanol–water partition coefficient (Wildman–Crippen LogP) is 5.37. The second-order valence-corrected chi connectivity index (χ2v) is 8.00. The molecule has 2 rings (SSSR count). The van der Waals surface area contributed by atoms with Gasteiger partial charge in [-0.3, -0.25) is 5.09 Å². The molecule has 0 saturated carbocycles. The van der Waals surface area contributed by atoms with Crippen LogP contribution in [0.15, 0.2) is 54.6 Å². The average molecular weight is 387 g/mol. The monoisotopic (exact) mass is 386 g/mol. The highest BCUT2D eigenvalue weighted by atomic mass is 35.5. The van der Waals surface area contributed by atoms with E-state index in [1.54, 1.807) is 16.8 Å². The topological polar surface area (TPSA) is 41.6 Å². The molecule has 24 heavy (non-hydrogen) atoms. The van der Waals surface area contributed by atoms with Crippen molar-refractivity contribution in [3.8, 4) is 5.75 Å². The molecule has 1 N–H and O–H groups in total. The molecule has 0 aliphatic heterocycles. The highest BCUT2D eigenvalue weighted by Crippen LogP contribution is 2.50. The van der Waals surface area contributed by atoms with Crippen LogP contribution in [-0.2, 0) is 4.57 Å². The number of nitrogens with zero attached hydrogens (tertiary/aromatic N) is 1. The molecule has 7 heteroatoms. The fourth-order valence-electron chi connectivity index (χ4n) is 2.14. The van der Waals surface area contributed by atoms with Crippen LogP contribution in [0.4, 0.5) is 5.69 Å². The summed E-state index contributed by atoms with van der Waals surface area (Å²) in [6.07, 6.45) is 0. The molecule has 0 bridgehead atoms. The molecule has 1 atom stereocenters. The molecule has 0 aliphatic rings. The first-order valence-electron chi connectivity index (χ1n) is 7.64. The van der Waals surface area contributed by atoms with Crippen LogP contribution in [0.3, 0.4) is 0 Å². The van der Waals surface area contributed by atoms with Crippen molar-refractivity contribution in [2.45, 2.75) is 6.92 Å². The summed E-state index contributed by atoms with van der Waals surface area (Å²) in [6.45, 7) is 2.80. The molecule has 0 spiro atoms. The molecule has 0 fully saturated rings. The van der Waals surface area contributed by atoms with Gasteiger partial charge in [-0.2, -0.15) is 0 Å². The van der Waals surface area contributed by atoms with E-state index < -0.39 is 7.67 Å². The second-order valence-electron chi connectivity index (χ2n) is 5.23. The Morgan fingerprint density at radius 1 is 1.00 bits per heavy atom. The molecule has 0 aliphatic carbocycles. The predicted molar refractivity (Wildman–Crippen MR) is 102 cm³/mol. The maximum atomic E-state index is 13.6. The van der Waals surface area contributed by atoms with Gasteiger partial charge in [-0.1, -0.05) is 35.9 Å². The van der Waals surface area contributed by atoms with E-state index in [9.17, 15) is 4.57 Å². The van der Waals surface area contributed by atoms with Crippen LogP contribution in [0.25, 0.3) is 0 Å². The molecular formula is C17H21Cl2N2O2P. The summed E-state index contributed by atoms with van der Waals surface area (Å²) >= 11 is 11.8. The van der Waals surface area contributed by atoms with Gasteiger partial charge in [0.25, 0.3) is 0 Å². The van der Waals surface area contributed by atoms with Crippen molar-refractivity contribution in [1.29, 1.82) is 0 Å². The Labute approximate surface area is 153 Å². The number of anilines is 1. The number of rotatable bonds is 9. The Morgan fingerprint density at radius 2 is 1.58 bits per heavy atom. The Kier molecular flexibility index (Phi) is 7.44. The summed E-state index contributed by atoms with van der Waals surface area (Å²) in [5.74, 6) is 1.18. The molecule has 0 aromatic heterocycles. The van der Waals surface area contributed by atoms with Crippen LogP contribution in [0.2, 0.25) is 0 Å². The van der Waals surface area contributed by atoms with Gasteiger partial charge < -0.3 is 4.52 Å². The quantitative estimate of drug-likeness (QED) is 0.464. The van der Waals surface area contributed by atoms with Crippen LogP contribution in [0.1, 0.15) is 5.56 Å². The first kappa shape index (κ1) is 19.1. The average Bonchev–Trinajstić information content (AvgIpc) is 2.58. The fourth-order valence-corrected chi connectivity index (χ4v) is 4.69. The third-order valence-corrected chi connectivity index (χ3v) is 5.83. The molecule has 0 saturated heterocycles. The van der Waals surface area contributed by atoms with Crippen molar-refractivity contribution in [2.24, 2.45) is 0 Å². The maximum absolute atomic E-state index is 13.6. The maximum Gasteiger partial charge on any atom is 0.419 e. The number of aryl methyl sites for hydroxylation is 1. The zero-order valence-corrected chi connectivity index (χ0v) is 15.9.